The predicted molar refractivity (Wildman–Crippen MR) is 140 cm³/mol. The number of rotatable bonds is 10. The van der Waals surface area contributed by atoms with Gasteiger partial charge in [0.25, 0.3) is 0 Å². The average molecular weight is 512 g/mol. The molecule has 3 aliphatic heterocycles. The number of pyridine rings is 1. The number of hydrogen-bond acceptors (Lipinski definition) is 7. The highest BCUT2D eigenvalue weighted by Crippen LogP contribution is 2.34. The van der Waals surface area contributed by atoms with Crippen LogP contribution in [0, 0.1) is 0 Å². The maximum atomic E-state index is 15.9. The van der Waals surface area contributed by atoms with E-state index in [1.54, 1.807) is 0 Å². The molecule has 3 atom stereocenters. The van der Waals surface area contributed by atoms with Gasteiger partial charge in [0.05, 0.1) is 26.7 Å². The van der Waals surface area contributed by atoms with Gasteiger partial charge >= 0.3 is 5.97 Å². The maximum absolute atomic E-state index is 15.9. The normalized spacial score (nSPS) is 24.3. The fourth-order valence-electron chi connectivity index (χ4n) is 5.66. The summed E-state index contributed by atoms with van der Waals surface area (Å²) in [7, 11) is 1.41. The highest BCUT2D eigenvalue weighted by Gasteiger charge is 2.39. The van der Waals surface area contributed by atoms with Crippen molar-refractivity contribution < 1.29 is 23.4 Å². The van der Waals surface area contributed by atoms with E-state index in [2.05, 4.69) is 16.3 Å². The molecule has 1 aromatic heterocycles. The fourth-order valence-corrected chi connectivity index (χ4v) is 5.66. The minimum absolute atomic E-state index is 0.0560. The van der Waals surface area contributed by atoms with Crippen LogP contribution in [-0.2, 0) is 27.1 Å². The predicted octanol–water partition coefficient (Wildman–Crippen LogP) is 4.30. The van der Waals surface area contributed by atoms with Crippen LogP contribution in [0.3, 0.4) is 0 Å². The molecule has 0 bridgehead atoms. The van der Waals surface area contributed by atoms with Crippen LogP contribution in [0.25, 0.3) is 0 Å². The number of methoxy groups -OCH3 is 1. The van der Waals surface area contributed by atoms with Gasteiger partial charge in [-0.15, -0.1) is 0 Å². The molecule has 2 aromatic rings. The Kier molecular flexibility index (Phi) is 8.25. The molecule has 0 aliphatic carbocycles. The first-order valence-corrected chi connectivity index (χ1v) is 13.5. The van der Waals surface area contributed by atoms with E-state index in [4.69, 9.17) is 19.2 Å². The van der Waals surface area contributed by atoms with E-state index in [1.807, 2.05) is 30.3 Å². The molecule has 0 amide bonds. The topological polar surface area (TPSA) is 72.9 Å². The number of ether oxygens (including phenoxy) is 3. The lowest BCUT2D eigenvalue weighted by Crippen LogP contribution is -2.33. The lowest BCUT2D eigenvalue weighted by atomic mass is 9.94. The average Bonchev–Trinajstić information content (AvgIpc) is 3.57. The third kappa shape index (κ3) is 6.79. The lowest BCUT2D eigenvalue weighted by molar-refractivity contribution is -0.141. The summed E-state index contributed by atoms with van der Waals surface area (Å²) in [4.78, 5) is 19.1. The van der Waals surface area contributed by atoms with Crippen LogP contribution in [0.4, 0.5) is 10.2 Å². The van der Waals surface area contributed by atoms with Crippen molar-refractivity contribution in [3.05, 3.63) is 53.2 Å². The van der Waals surface area contributed by atoms with Crippen LogP contribution < -0.4 is 10.1 Å². The molecular weight excluding hydrogens is 473 g/mol. The van der Waals surface area contributed by atoms with Crippen molar-refractivity contribution in [3.63, 3.8) is 0 Å². The van der Waals surface area contributed by atoms with Crippen LogP contribution in [0.2, 0.25) is 0 Å². The van der Waals surface area contributed by atoms with Crippen molar-refractivity contribution in [2.24, 2.45) is 0 Å². The number of esters is 1. The number of benzene rings is 1. The summed E-state index contributed by atoms with van der Waals surface area (Å²) in [6.45, 7) is 3.89. The molecule has 8 heteroatoms. The van der Waals surface area contributed by atoms with Crippen molar-refractivity contribution in [3.8, 4) is 5.75 Å². The summed E-state index contributed by atoms with van der Waals surface area (Å²) < 4.78 is 32.3. The molecule has 1 unspecified atom stereocenters. The van der Waals surface area contributed by atoms with E-state index >= 15 is 4.39 Å². The number of nitrogens with one attached hydrogen (secondary N) is 1. The Morgan fingerprint density at radius 2 is 2.27 bits per heavy atom. The Labute approximate surface area is 218 Å². The van der Waals surface area contributed by atoms with Crippen LogP contribution >= 0.6 is 0 Å². The quantitative estimate of drug-likeness (QED) is 0.477. The number of aromatic nitrogens is 1. The van der Waals surface area contributed by atoms with Crippen LogP contribution in [0.5, 0.6) is 5.75 Å². The standard InChI is InChI=1S/C29H38FN3O4/c1-35-27(34)17-23(22-4-2-6-25(16-22)37-26-10-15-36-19-26)18-33-14-12-29(30,20-33)11-9-24-8-7-21-5-3-13-31-28(21)32-24/h2,4,6-8,16,23,26H,3,5,9-15,17-20H2,1H3,(H,31,32)/t23?,26-,29-/m0/s1. The molecule has 3 aliphatic rings. The molecule has 0 saturated carbocycles. The minimum Gasteiger partial charge on any atom is -0.488 e. The summed E-state index contributed by atoms with van der Waals surface area (Å²) in [5.74, 6) is 1.36. The minimum atomic E-state index is -1.26. The molecule has 1 N–H and O–H groups in total. The third-order valence-electron chi connectivity index (χ3n) is 7.80. The molecule has 5 rings (SSSR count). The number of likely N-dealkylation sites (tertiary alicyclic amines) is 1. The summed E-state index contributed by atoms with van der Waals surface area (Å²) in [5.41, 5.74) is 1.94. The maximum Gasteiger partial charge on any atom is 0.306 e. The second kappa shape index (κ2) is 11.8. The van der Waals surface area contributed by atoms with Gasteiger partial charge in [0.1, 0.15) is 23.3 Å². The molecule has 4 heterocycles. The van der Waals surface area contributed by atoms with Gasteiger partial charge in [0.15, 0.2) is 0 Å². The van der Waals surface area contributed by atoms with E-state index in [9.17, 15) is 4.79 Å². The Morgan fingerprint density at radius 1 is 1.35 bits per heavy atom. The summed E-state index contributed by atoms with van der Waals surface area (Å²) >= 11 is 0. The Bertz CT molecular complexity index is 1080. The zero-order chi connectivity index (χ0) is 25.7. The van der Waals surface area contributed by atoms with Crippen molar-refractivity contribution in [1.29, 1.82) is 0 Å². The molecule has 7 nitrogen and oxygen atoms in total. The second-order valence-electron chi connectivity index (χ2n) is 10.6. The number of fused-ring (bicyclic) bond motifs is 1. The molecule has 2 saturated heterocycles. The van der Waals surface area contributed by atoms with Gasteiger partial charge in [-0.2, -0.15) is 0 Å². The first kappa shape index (κ1) is 25.9. The monoisotopic (exact) mass is 511 g/mol. The third-order valence-corrected chi connectivity index (χ3v) is 7.80. The largest absolute Gasteiger partial charge is 0.488 e. The molecule has 2 fully saturated rings. The van der Waals surface area contributed by atoms with Gasteiger partial charge in [-0.05, 0) is 61.4 Å². The van der Waals surface area contributed by atoms with Gasteiger partial charge in [-0.3, -0.25) is 9.69 Å². The number of halogens is 1. The number of aryl methyl sites for hydroxylation is 2. The van der Waals surface area contributed by atoms with Gasteiger partial charge in [0.2, 0.25) is 0 Å². The molecule has 0 radical (unpaired) electrons. The van der Waals surface area contributed by atoms with E-state index in [0.29, 0.717) is 52.1 Å². The van der Waals surface area contributed by atoms with Crippen LogP contribution in [0.1, 0.15) is 54.8 Å². The Balaban J connectivity index is 1.21. The van der Waals surface area contributed by atoms with Crippen molar-refractivity contribution in [2.75, 3.05) is 51.8 Å². The molecular formula is C29H38FN3O4. The highest BCUT2D eigenvalue weighted by atomic mass is 19.1. The number of carbonyl (C=O) groups is 1. The first-order chi connectivity index (χ1) is 18.0. The van der Waals surface area contributed by atoms with Crippen LogP contribution in [0.15, 0.2) is 36.4 Å². The van der Waals surface area contributed by atoms with E-state index in [1.165, 1.54) is 12.7 Å². The molecule has 1 aromatic carbocycles. The number of anilines is 1. The lowest BCUT2D eigenvalue weighted by Gasteiger charge is -2.26. The van der Waals surface area contributed by atoms with Crippen LogP contribution in [-0.4, -0.2) is 74.1 Å². The molecule has 200 valence electrons. The summed E-state index contributed by atoms with van der Waals surface area (Å²) in [6.07, 6.45) is 4.91. The Hall–Kier alpha value is -2.71. The highest BCUT2D eigenvalue weighted by molar-refractivity contribution is 5.70. The number of carbonyl (C=O) groups excluding carboxylic acids is 1. The first-order valence-electron chi connectivity index (χ1n) is 13.5. The number of alkyl halides is 1. The van der Waals surface area contributed by atoms with Crippen molar-refractivity contribution >= 4 is 11.8 Å². The molecule has 0 spiro atoms. The van der Waals surface area contributed by atoms with Gasteiger partial charge in [-0.25, -0.2) is 9.37 Å². The summed E-state index contributed by atoms with van der Waals surface area (Å²) in [5, 5.41) is 3.36. The molecule has 37 heavy (non-hydrogen) atoms. The van der Waals surface area contributed by atoms with Gasteiger partial charge in [-0.1, -0.05) is 18.2 Å². The Morgan fingerprint density at radius 3 is 3.11 bits per heavy atom. The smallest absolute Gasteiger partial charge is 0.306 e. The van der Waals surface area contributed by atoms with E-state index in [-0.39, 0.29) is 24.4 Å². The summed E-state index contributed by atoms with van der Waals surface area (Å²) in [6, 6.07) is 12.1. The second-order valence-corrected chi connectivity index (χ2v) is 10.6. The number of hydrogen-bond donors (Lipinski definition) is 1. The zero-order valence-corrected chi connectivity index (χ0v) is 21.7. The van der Waals surface area contributed by atoms with Crippen molar-refractivity contribution in [2.45, 2.75) is 62.6 Å². The van der Waals surface area contributed by atoms with Crippen molar-refractivity contribution in [1.82, 2.24) is 9.88 Å². The van der Waals surface area contributed by atoms with E-state index in [0.717, 1.165) is 48.6 Å². The zero-order valence-electron chi connectivity index (χ0n) is 21.7. The van der Waals surface area contributed by atoms with Gasteiger partial charge < -0.3 is 19.5 Å². The van der Waals surface area contributed by atoms with Gasteiger partial charge in [0, 0.05) is 44.2 Å². The SMILES string of the molecule is COC(=O)CC(CN1CC[C@@](F)(CCc2ccc3c(n2)NCCC3)C1)c1cccc(O[C@H]2CCOC2)c1. The van der Waals surface area contributed by atoms with E-state index < -0.39 is 5.67 Å². The fraction of sp³-hybridized carbons (Fsp3) is 0.586. The number of nitrogens with zero attached hydrogens (tertiary/aromatic N) is 2.